The van der Waals surface area contributed by atoms with Crippen LogP contribution in [0.3, 0.4) is 0 Å². The molecule has 3 aromatic rings. The summed E-state index contributed by atoms with van der Waals surface area (Å²) in [6.07, 6.45) is 3.61. The van der Waals surface area contributed by atoms with Gasteiger partial charge in [-0.25, -0.2) is 13.5 Å². The summed E-state index contributed by atoms with van der Waals surface area (Å²) in [4.78, 5) is 14.1. The van der Waals surface area contributed by atoms with Crippen LogP contribution in [0.1, 0.15) is 12.5 Å². The third-order valence-corrected chi connectivity index (χ3v) is 4.34. The first-order valence-corrected chi connectivity index (χ1v) is 8.50. The fraction of sp³-hybridized carbons (Fsp3) is 0.200. The Morgan fingerprint density at radius 3 is 2.48 bits per heavy atom. The maximum Gasteiger partial charge on any atom is 0.241 e. The lowest BCUT2D eigenvalue weighted by Crippen LogP contribution is -2.39. The summed E-state index contributed by atoms with van der Waals surface area (Å²) in [6, 6.07) is 12.5. The minimum atomic E-state index is -0.803. The second kappa shape index (κ2) is 8.09. The largest absolute Gasteiger partial charge is 0.320 e. The highest BCUT2D eigenvalue weighted by Crippen LogP contribution is 2.19. The molecule has 0 aliphatic rings. The number of rotatable bonds is 6. The van der Waals surface area contributed by atoms with Gasteiger partial charge in [-0.3, -0.25) is 9.69 Å². The first-order chi connectivity index (χ1) is 13.0. The minimum Gasteiger partial charge on any atom is -0.320 e. The van der Waals surface area contributed by atoms with E-state index in [0.717, 1.165) is 23.4 Å². The molecule has 0 unspecified atom stereocenters. The SMILES string of the molecule is C[C@@H](C(=O)Nc1c(F)cccc1F)N(C)Cc1cnn(-c2ccccc2)c1. The van der Waals surface area contributed by atoms with Gasteiger partial charge >= 0.3 is 0 Å². The molecule has 5 nitrogen and oxygen atoms in total. The topological polar surface area (TPSA) is 50.2 Å². The van der Waals surface area contributed by atoms with Gasteiger partial charge in [-0.2, -0.15) is 5.10 Å². The molecule has 1 heterocycles. The molecule has 0 saturated carbocycles. The van der Waals surface area contributed by atoms with Crippen molar-refractivity contribution in [2.24, 2.45) is 0 Å². The smallest absolute Gasteiger partial charge is 0.241 e. The van der Waals surface area contributed by atoms with Gasteiger partial charge < -0.3 is 5.32 Å². The molecule has 1 amide bonds. The number of carbonyl (C=O) groups excluding carboxylic acids is 1. The van der Waals surface area contributed by atoms with Crippen molar-refractivity contribution in [1.29, 1.82) is 0 Å². The van der Waals surface area contributed by atoms with E-state index >= 15 is 0 Å². The minimum absolute atomic E-state index is 0.431. The van der Waals surface area contributed by atoms with Gasteiger partial charge in [-0.15, -0.1) is 0 Å². The Balaban J connectivity index is 1.64. The number of para-hydroxylation sites is 2. The number of benzene rings is 2. The number of carbonyl (C=O) groups is 1. The van der Waals surface area contributed by atoms with Crippen LogP contribution in [0.4, 0.5) is 14.5 Å². The average Bonchev–Trinajstić information content (AvgIpc) is 3.13. The van der Waals surface area contributed by atoms with E-state index in [1.807, 2.05) is 36.5 Å². The molecule has 1 N–H and O–H groups in total. The lowest BCUT2D eigenvalue weighted by molar-refractivity contribution is -0.120. The number of hydrogen-bond donors (Lipinski definition) is 1. The van der Waals surface area contributed by atoms with Crippen LogP contribution in [0.2, 0.25) is 0 Å². The Morgan fingerprint density at radius 1 is 1.15 bits per heavy atom. The second-order valence-electron chi connectivity index (χ2n) is 6.31. The summed E-state index contributed by atoms with van der Waals surface area (Å²) in [5, 5.41) is 6.65. The summed E-state index contributed by atoms with van der Waals surface area (Å²) < 4.78 is 29.2. The monoisotopic (exact) mass is 370 g/mol. The number of nitrogens with one attached hydrogen (secondary N) is 1. The number of amides is 1. The summed E-state index contributed by atoms with van der Waals surface area (Å²) in [7, 11) is 1.77. The zero-order valence-corrected chi connectivity index (χ0v) is 15.1. The van der Waals surface area contributed by atoms with Gasteiger partial charge in [-0.05, 0) is 38.2 Å². The first kappa shape index (κ1) is 18.7. The zero-order chi connectivity index (χ0) is 19.4. The summed E-state index contributed by atoms with van der Waals surface area (Å²) in [5.41, 5.74) is 1.42. The quantitative estimate of drug-likeness (QED) is 0.721. The van der Waals surface area contributed by atoms with Crippen LogP contribution in [0, 0.1) is 11.6 Å². The molecule has 0 aliphatic heterocycles. The summed E-state index contributed by atoms with van der Waals surface area (Å²) in [6.45, 7) is 2.14. The van der Waals surface area contributed by atoms with Gasteiger partial charge in [0.2, 0.25) is 5.91 Å². The molecule has 0 spiro atoms. The van der Waals surface area contributed by atoms with Crippen LogP contribution >= 0.6 is 0 Å². The van der Waals surface area contributed by atoms with E-state index < -0.39 is 29.3 Å². The van der Waals surface area contributed by atoms with Gasteiger partial charge in [-0.1, -0.05) is 24.3 Å². The molecular weight excluding hydrogens is 350 g/mol. The van der Waals surface area contributed by atoms with E-state index in [1.54, 1.807) is 29.7 Å². The zero-order valence-electron chi connectivity index (χ0n) is 15.1. The highest BCUT2D eigenvalue weighted by Gasteiger charge is 2.21. The molecule has 1 atom stereocenters. The van der Waals surface area contributed by atoms with Crippen molar-refractivity contribution in [3.63, 3.8) is 0 Å². The summed E-state index contributed by atoms with van der Waals surface area (Å²) >= 11 is 0. The molecule has 0 bridgehead atoms. The van der Waals surface area contributed by atoms with Gasteiger partial charge in [0.05, 0.1) is 17.9 Å². The van der Waals surface area contributed by atoms with Crippen molar-refractivity contribution in [1.82, 2.24) is 14.7 Å². The van der Waals surface area contributed by atoms with Crippen LogP contribution in [0.5, 0.6) is 0 Å². The van der Waals surface area contributed by atoms with Crippen LogP contribution in [-0.4, -0.2) is 33.7 Å². The van der Waals surface area contributed by atoms with E-state index in [0.29, 0.717) is 6.54 Å². The third kappa shape index (κ3) is 4.38. The number of likely N-dealkylation sites (N-methyl/N-ethyl adjacent to an activating group) is 1. The Bertz CT molecular complexity index is 906. The molecule has 3 rings (SSSR count). The van der Waals surface area contributed by atoms with Crippen molar-refractivity contribution < 1.29 is 13.6 Å². The number of aromatic nitrogens is 2. The average molecular weight is 370 g/mol. The van der Waals surface area contributed by atoms with Gasteiger partial charge in [0.1, 0.15) is 17.3 Å². The fourth-order valence-electron chi connectivity index (χ4n) is 2.63. The first-order valence-electron chi connectivity index (χ1n) is 8.50. The molecule has 2 aromatic carbocycles. The highest BCUT2D eigenvalue weighted by atomic mass is 19.1. The molecule has 27 heavy (non-hydrogen) atoms. The van der Waals surface area contributed by atoms with Crippen molar-refractivity contribution in [2.45, 2.75) is 19.5 Å². The Morgan fingerprint density at radius 2 is 1.81 bits per heavy atom. The molecule has 140 valence electrons. The lowest BCUT2D eigenvalue weighted by atomic mass is 10.2. The number of halogens is 2. The van der Waals surface area contributed by atoms with Gasteiger partial charge in [0.25, 0.3) is 0 Å². The van der Waals surface area contributed by atoms with Gasteiger partial charge in [0, 0.05) is 18.3 Å². The number of anilines is 1. The molecule has 7 heteroatoms. The van der Waals surface area contributed by atoms with Crippen molar-refractivity contribution in [3.8, 4) is 5.69 Å². The molecule has 0 fully saturated rings. The number of hydrogen-bond acceptors (Lipinski definition) is 3. The predicted octanol–water partition coefficient (Wildman–Crippen LogP) is 3.61. The third-order valence-electron chi connectivity index (χ3n) is 4.34. The molecule has 0 saturated heterocycles. The van der Waals surface area contributed by atoms with Crippen molar-refractivity contribution in [3.05, 3.63) is 78.1 Å². The fourth-order valence-corrected chi connectivity index (χ4v) is 2.63. The van der Waals surface area contributed by atoms with Crippen LogP contribution < -0.4 is 5.32 Å². The Kier molecular flexibility index (Phi) is 5.61. The van der Waals surface area contributed by atoms with E-state index in [4.69, 9.17) is 0 Å². The molecule has 0 radical (unpaired) electrons. The predicted molar refractivity (Wildman–Crippen MR) is 99.5 cm³/mol. The highest BCUT2D eigenvalue weighted by molar-refractivity contribution is 5.94. The van der Waals surface area contributed by atoms with Crippen LogP contribution in [0.15, 0.2) is 60.9 Å². The van der Waals surface area contributed by atoms with Crippen LogP contribution in [0.25, 0.3) is 5.69 Å². The molecular formula is C20H20F2N4O. The maximum atomic E-state index is 13.7. The number of nitrogens with zero attached hydrogens (tertiary/aromatic N) is 3. The summed E-state index contributed by atoms with van der Waals surface area (Å²) in [5.74, 6) is -2.10. The van der Waals surface area contributed by atoms with Crippen molar-refractivity contribution >= 4 is 11.6 Å². The Hall–Kier alpha value is -3.06. The normalized spacial score (nSPS) is 12.2. The molecule has 1 aromatic heterocycles. The van der Waals surface area contributed by atoms with E-state index in [1.165, 1.54) is 6.07 Å². The van der Waals surface area contributed by atoms with E-state index in [9.17, 15) is 13.6 Å². The maximum absolute atomic E-state index is 13.7. The molecule has 0 aliphatic carbocycles. The second-order valence-corrected chi connectivity index (χ2v) is 6.31. The van der Waals surface area contributed by atoms with Crippen LogP contribution in [-0.2, 0) is 11.3 Å². The lowest BCUT2D eigenvalue weighted by Gasteiger charge is -2.23. The Labute approximate surface area is 156 Å². The van der Waals surface area contributed by atoms with Crippen molar-refractivity contribution in [2.75, 3.05) is 12.4 Å². The standard InChI is InChI=1S/C20H20F2N4O/c1-14(20(27)24-19-17(21)9-6-10-18(19)22)25(2)12-15-11-23-26(13-15)16-7-4-3-5-8-16/h3-11,13-14H,12H2,1-2H3,(H,24,27)/t14-/m0/s1. The van der Waals surface area contributed by atoms with E-state index in [-0.39, 0.29) is 0 Å². The van der Waals surface area contributed by atoms with E-state index in [2.05, 4.69) is 10.4 Å². The van der Waals surface area contributed by atoms with Gasteiger partial charge in [0.15, 0.2) is 0 Å².